The molecule has 6 aromatic rings. The van der Waals surface area contributed by atoms with Crippen LogP contribution in [0.2, 0.25) is 0 Å². The van der Waals surface area contributed by atoms with Crippen molar-refractivity contribution in [2.45, 2.75) is 18.4 Å². The number of phenolic OH excluding ortho intramolecular Hbond substituents is 1. The summed E-state index contributed by atoms with van der Waals surface area (Å²) in [6, 6.07) is 26.6. The molecule has 39 heavy (non-hydrogen) atoms. The van der Waals surface area contributed by atoms with Gasteiger partial charge in [0.05, 0.1) is 22.5 Å². The lowest BCUT2D eigenvalue weighted by molar-refractivity contribution is 0.475. The molecule has 0 radical (unpaired) electrons. The fraction of sp³-hybridized carbons (Fsp3) is 0.0690. The predicted molar refractivity (Wildman–Crippen MR) is 152 cm³/mol. The van der Waals surface area contributed by atoms with E-state index < -0.39 is 10.0 Å². The van der Waals surface area contributed by atoms with Crippen molar-refractivity contribution < 1.29 is 13.5 Å². The van der Waals surface area contributed by atoms with E-state index in [4.69, 9.17) is 0 Å². The van der Waals surface area contributed by atoms with Crippen molar-refractivity contribution >= 4 is 43.3 Å². The summed E-state index contributed by atoms with van der Waals surface area (Å²) in [6.45, 7) is 2.17. The molecule has 0 aliphatic rings. The molecule has 194 valence electrons. The summed E-state index contributed by atoms with van der Waals surface area (Å²) in [5.41, 5.74) is 3.99. The summed E-state index contributed by atoms with van der Waals surface area (Å²) in [4.78, 5) is 8.04. The van der Waals surface area contributed by atoms with Crippen LogP contribution < -0.4 is 10.0 Å². The van der Waals surface area contributed by atoms with Crippen LogP contribution in [0.5, 0.6) is 5.75 Å². The van der Waals surface area contributed by atoms with Crippen molar-refractivity contribution in [3.63, 3.8) is 0 Å². The van der Waals surface area contributed by atoms with E-state index >= 15 is 0 Å². The number of hydrogen-bond acceptors (Lipinski definition) is 7. The molecular weight excluding hydrogens is 512 g/mol. The van der Waals surface area contributed by atoms with Gasteiger partial charge in [-0.05, 0) is 55.0 Å². The minimum atomic E-state index is -3.90. The van der Waals surface area contributed by atoms with Gasteiger partial charge in [-0.2, -0.15) is 0 Å². The van der Waals surface area contributed by atoms with Gasteiger partial charge in [0.15, 0.2) is 5.82 Å². The smallest absolute Gasteiger partial charge is 0.262 e. The summed E-state index contributed by atoms with van der Waals surface area (Å²) in [6.07, 6.45) is 0. The number of para-hydroxylation sites is 2. The van der Waals surface area contributed by atoms with E-state index in [-0.39, 0.29) is 10.6 Å². The number of imidazole rings is 1. The van der Waals surface area contributed by atoms with Crippen LogP contribution in [0.25, 0.3) is 33.1 Å². The van der Waals surface area contributed by atoms with Gasteiger partial charge in [0.25, 0.3) is 10.0 Å². The van der Waals surface area contributed by atoms with E-state index in [1.165, 1.54) is 24.3 Å². The van der Waals surface area contributed by atoms with Crippen molar-refractivity contribution in [3.05, 3.63) is 102 Å². The lowest BCUT2D eigenvalue weighted by Crippen LogP contribution is -2.14. The first kappa shape index (κ1) is 24.4. The molecule has 10 heteroatoms. The van der Waals surface area contributed by atoms with Gasteiger partial charge in [-0.1, -0.05) is 48.5 Å². The van der Waals surface area contributed by atoms with Gasteiger partial charge in [-0.15, -0.1) is 10.2 Å². The van der Waals surface area contributed by atoms with Gasteiger partial charge in [-0.25, -0.2) is 13.4 Å². The second kappa shape index (κ2) is 9.73. The molecule has 0 atom stereocenters. The molecule has 0 fully saturated rings. The molecule has 0 spiro atoms. The Morgan fingerprint density at radius 3 is 2.41 bits per heavy atom. The van der Waals surface area contributed by atoms with Gasteiger partial charge in [0.1, 0.15) is 17.3 Å². The van der Waals surface area contributed by atoms with Crippen molar-refractivity contribution in [3.8, 4) is 17.0 Å². The standard InChI is InChI=1S/C29H24N6O3S/c1-18-10-11-19(16-26(18)39(37,38)35-20-12-14-21(36)15-13-20)28-22-6-2-3-7-23(22)29(34-33-28)30-17-27-31-24-8-4-5-9-25(24)32-27/h2-16,35-36H,17H2,1H3,(H,30,34)(H,31,32). The van der Waals surface area contributed by atoms with Crippen molar-refractivity contribution in [1.29, 1.82) is 0 Å². The maximum atomic E-state index is 13.3. The Balaban J connectivity index is 1.33. The van der Waals surface area contributed by atoms with Crippen LogP contribution >= 0.6 is 0 Å². The number of nitrogens with one attached hydrogen (secondary N) is 3. The van der Waals surface area contributed by atoms with E-state index in [0.29, 0.717) is 34.9 Å². The van der Waals surface area contributed by atoms with E-state index in [0.717, 1.165) is 27.6 Å². The van der Waals surface area contributed by atoms with Gasteiger partial charge in [-0.3, -0.25) is 4.72 Å². The Bertz CT molecular complexity index is 1900. The summed E-state index contributed by atoms with van der Waals surface area (Å²) in [5.74, 6) is 1.43. The second-order valence-electron chi connectivity index (χ2n) is 9.13. The van der Waals surface area contributed by atoms with Crippen molar-refractivity contribution in [1.82, 2.24) is 20.2 Å². The van der Waals surface area contributed by atoms with E-state index in [1.807, 2.05) is 54.6 Å². The third kappa shape index (κ3) is 4.85. The van der Waals surface area contributed by atoms with Gasteiger partial charge in [0, 0.05) is 22.0 Å². The number of fused-ring (bicyclic) bond motifs is 2. The molecule has 4 aromatic carbocycles. The van der Waals surface area contributed by atoms with Crippen LogP contribution in [-0.4, -0.2) is 33.7 Å². The fourth-order valence-corrected chi connectivity index (χ4v) is 5.81. The second-order valence-corrected chi connectivity index (χ2v) is 10.8. The van der Waals surface area contributed by atoms with E-state index in [1.54, 1.807) is 19.1 Å². The first-order valence-corrected chi connectivity index (χ1v) is 13.7. The molecule has 0 unspecified atom stereocenters. The number of aromatic amines is 1. The molecule has 2 aromatic heterocycles. The maximum Gasteiger partial charge on any atom is 0.262 e. The number of aromatic nitrogens is 4. The lowest BCUT2D eigenvalue weighted by Gasteiger charge is -2.14. The van der Waals surface area contributed by atoms with Crippen LogP contribution in [-0.2, 0) is 16.6 Å². The number of aromatic hydroxyl groups is 1. The molecule has 9 nitrogen and oxygen atoms in total. The average Bonchev–Trinajstić information content (AvgIpc) is 3.36. The number of H-pyrrole nitrogens is 1. The highest BCUT2D eigenvalue weighted by Crippen LogP contribution is 2.32. The third-order valence-electron chi connectivity index (χ3n) is 6.42. The normalized spacial score (nSPS) is 11.6. The van der Waals surface area contributed by atoms with Crippen LogP contribution in [0, 0.1) is 6.92 Å². The molecule has 0 bridgehead atoms. The number of sulfonamides is 1. The Kier molecular flexibility index (Phi) is 6.08. The first-order chi connectivity index (χ1) is 18.9. The molecule has 0 amide bonds. The first-order valence-electron chi connectivity index (χ1n) is 12.2. The Hall–Kier alpha value is -4.96. The minimum Gasteiger partial charge on any atom is -0.508 e. The highest BCUT2D eigenvalue weighted by molar-refractivity contribution is 7.92. The molecule has 4 N–H and O–H groups in total. The van der Waals surface area contributed by atoms with Crippen LogP contribution in [0.1, 0.15) is 11.4 Å². The number of hydrogen-bond donors (Lipinski definition) is 4. The monoisotopic (exact) mass is 536 g/mol. The number of nitrogens with zero attached hydrogens (tertiary/aromatic N) is 3. The highest BCUT2D eigenvalue weighted by atomic mass is 32.2. The number of phenols is 1. The van der Waals surface area contributed by atoms with Crippen molar-refractivity contribution in [2.24, 2.45) is 0 Å². The zero-order valence-corrected chi connectivity index (χ0v) is 21.7. The Morgan fingerprint density at radius 1 is 0.872 bits per heavy atom. The summed E-state index contributed by atoms with van der Waals surface area (Å²) in [7, 11) is -3.90. The SMILES string of the molecule is Cc1ccc(-c2nnc(NCc3nc4ccccc4[nH]3)c3ccccc23)cc1S(=O)(=O)Nc1ccc(O)cc1. The number of anilines is 2. The fourth-order valence-electron chi connectivity index (χ4n) is 4.48. The van der Waals surface area contributed by atoms with Gasteiger partial charge >= 0.3 is 0 Å². The number of rotatable bonds is 7. The van der Waals surface area contributed by atoms with E-state index in [9.17, 15) is 13.5 Å². The van der Waals surface area contributed by atoms with Gasteiger partial charge in [0.2, 0.25) is 0 Å². The lowest BCUT2D eigenvalue weighted by atomic mass is 10.0. The quantitative estimate of drug-likeness (QED) is 0.195. The highest BCUT2D eigenvalue weighted by Gasteiger charge is 2.20. The molecule has 2 heterocycles. The topological polar surface area (TPSA) is 133 Å². The zero-order chi connectivity index (χ0) is 27.0. The third-order valence-corrected chi connectivity index (χ3v) is 7.94. The predicted octanol–water partition coefficient (Wildman–Crippen LogP) is 5.60. The summed E-state index contributed by atoms with van der Waals surface area (Å²) < 4.78 is 29.1. The molecule has 6 rings (SSSR count). The van der Waals surface area contributed by atoms with Crippen LogP contribution in [0.15, 0.2) is 95.9 Å². The minimum absolute atomic E-state index is 0.0529. The number of benzene rings is 4. The van der Waals surface area contributed by atoms with Crippen molar-refractivity contribution in [2.75, 3.05) is 10.0 Å². The zero-order valence-electron chi connectivity index (χ0n) is 20.9. The van der Waals surface area contributed by atoms with Crippen LogP contribution in [0.3, 0.4) is 0 Å². The van der Waals surface area contributed by atoms with Gasteiger partial charge < -0.3 is 15.4 Å². The maximum absolute atomic E-state index is 13.3. The Labute approximate surface area is 224 Å². The van der Waals surface area contributed by atoms with Crippen LogP contribution in [0.4, 0.5) is 11.5 Å². The summed E-state index contributed by atoms with van der Waals surface area (Å²) in [5, 5.41) is 23.5. The molecular formula is C29H24N6O3S. The van der Waals surface area contributed by atoms with E-state index in [2.05, 4.69) is 30.2 Å². The largest absolute Gasteiger partial charge is 0.508 e. The number of aryl methyl sites for hydroxylation is 1. The molecule has 0 aliphatic heterocycles. The molecule has 0 aliphatic carbocycles. The average molecular weight is 537 g/mol. The molecule has 0 saturated heterocycles. The Morgan fingerprint density at radius 2 is 1.62 bits per heavy atom. The summed E-state index contributed by atoms with van der Waals surface area (Å²) >= 11 is 0. The molecule has 0 saturated carbocycles.